The molecule has 3 heterocycles. The van der Waals surface area contributed by atoms with Gasteiger partial charge in [-0.1, -0.05) is 17.7 Å². The topological polar surface area (TPSA) is 91.3 Å². The highest BCUT2D eigenvalue weighted by atomic mass is 35.5. The molecule has 7 nitrogen and oxygen atoms in total. The highest BCUT2D eigenvalue weighted by Gasteiger charge is 2.30. The SMILES string of the molecule is COc1cc(Cl)ncc1C1c2ccc(S(=O)[O-])cc2C=CN1c1ccncn1. The van der Waals surface area contributed by atoms with Crippen LogP contribution in [0.1, 0.15) is 22.7 Å². The highest BCUT2D eigenvalue weighted by Crippen LogP contribution is 2.41. The fourth-order valence-corrected chi connectivity index (χ4v) is 3.76. The standard InChI is InChI=1S/C19H15ClN4O3S/c1-27-16-9-17(20)22-10-15(16)19-14-3-2-13(28(25)26)8-12(14)5-7-24(19)18-4-6-21-11-23-18/h2-11,19H,1H3,(H,25,26)/p-1. The smallest absolute Gasteiger partial charge is 0.136 e. The van der Waals surface area contributed by atoms with E-state index < -0.39 is 11.1 Å². The quantitative estimate of drug-likeness (QED) is 0.478. The molecule has 0 radical (unpaired) electrons. The van der Waals surface area contributed by atoms with Gasteiger partial charge in [0.2, 0.25) is 0 Å². The second-order valence-corrected chi connectivity index (χ2v) is 7.30. The van der Waals surface area contributed by atoms with Crippen molar-refractivity contribution in [2.45, 2.75) is 10.9 Å². The summed E-state index contributed by atoms with van der Waals surface area (Å²) in [6, 6.07) is 8.09. The second-order valence-electron chi connectivity index (χ2n) is 5.97. The Kier molecular flexibility index (Phi) is 5.08. The zero-order chi connectivity index (χ0) is 19.7. The van der Waals surface area contributed by atoms with Gasteiger partial charge in [-0.05, 0) is 46.5 Å². The molecule has 2 unspecified atom stereocenters. The lowest BCUT2D eigenvalue weighted by Gasteiger charge is -2.35. The molecular formula is C19H14ClN4O3S-. The molecule has 1 aromatic carbocycles. The molecule has 1 aliphatic rings. The van der Waals surface area contributed by atoms with Crippen LogP contribution >= 0.6 is 11.6 Å². The first-order valence-electron chi connectivity index (χ1n) is 8.23. The highest BCUT2D eigenvalue weighted by molar-refractivity contribution is 7.79. The van der Waals surface area contributed by atoms with Crippen LogP contribution < -0.4 is 9.64 Å². The third-order valence-electron chi connectivity index (χ3n) is 4.45. The first kappa shape index (κ1) is 18.5. The molecule has 0 bridgehead atoms. The fraction of sp³-hybridized carbons (Fsp3) is 0.105. The number of fused-ring (bicyclic) bond motifs is 1. The molecule has 0 spiro atoms. The molecule has 2 atom stereocenters. The summed E-state index contributed by atoms with van der Waals surface area (Å²) in [5.41, 5.74) is 2.44. The number of methoxy groups -OCH3 is 1. The Balaban J connectivity index is 1.92. The first-order chi connectivity index (χ1) is 13.6. The van der Waals surface area contributed by atoms with Crippen LogP contribution in [0.3, 0.4) is 0 Å². The molecular weight excluding hydrogens is 400 g/mol. The minimum absolute atomic E-state index is 0.221. The van der Waals surface area contributed by atoms with Gasteiger partial charge < -0.3 is 14.2 Å². The van der Waals surface area contributed by atoms with Gasteiger partial charge in [-0.25, -0.2) is 15.0 Å². The Morgan fingerprint density at radius 3 is 2.79 bits per heavy atom. The lowest BCUT2D eigenvalue weighted by Crippen LogP contribution is -2.28. The van der Waals surface area contributed by atoms with E-state index in [9.17, 15) is 8.76 Å². The Labute approximate surface area is 169 Å². The Morgan fingerprint density at radius 2 is 2.07 bits per heavy atom. The number of halogens is 1. The van der Waals surface area contributed by atoms with E-state index in [4.69, 9.17) is 16.3 Å². The predicted octanol–water partition coefficient (Wildman–Crippen LogP) is 3.35. The van der Waals surface area contributed by atoms with Crippen molar-refractivity contribution in [1.82, 2.24) is 15.0 Å². The molecule has 2 aromatic heterocycles. The Bertz CT molecular complexity index is 1080. The number of aromatic nitrogens is 3. The van der Waals surface area contributed by atoms with Gasteiger partial charge >= 0.3 is 0 Å². The van der Waals surface area contributed by atoms with Crippen LogP contribution in [0.4, 0.5) is 5.82 Å². The van der Waals surface area contributed by atoms with Gasteiger partial charge in [0.1, 0.15) is 23.0 Å². The van der Waals surface area contributed by atoms with Crippen LogP contribution in [0, 0.1) is 0 Å². The number of hydrogen-bond acceptors (Lipinski definition) is 7. The molecule has 4 rings (SSSR count). The van der Waals surface area contributed by atoms with Crippen molar-refractivity contribution in [1.29, 1.82) is 0 Å². The molecule has 1 aliphatic heterocycles. The summed E-state index contributed by atoms with van der Waals surface area (Å²) < 4.78 is 28.3. The summed E-state index contributed by atoms with van der Waals surface area (Å²) in [5.74, 6) is 1.25. The number of benzene rings is 1. The van der Waals surface area contributed by atoms with Crippen LogP contribution in [0.5, 0.6) is 5.75 Å². The van der Waals surface area contributed by atoms with E-state index in [2.05, 4.69) is 15.0 Å². The van der Waals surface area contributed by atoms with Gasteiger partial charge in [-0.3, -0.25) is 4.21 Å². The van der Waals surface area contributed by atoms with Crippen LogP contribution in [0.15, 0.2) is 60.1 Å². The minimum Gasteiger partial charge on any atom is -0.768 e. The van der Waals surface area contributed by atoms with Crippen molar-refractivity contribution in [3.63, 3.8) is 0 Å². The zero-order valence-electron chi connectivity index (χ0n) is 14.7. The van der Waals surface area contributed by atoms with Gasteiger partial charge in [0.05, 0.1) is 13.2 Å². The summed E-state index contributed by atoms with van der Waals surface area (Å²) in [4.78, 5) is 14.7. The average Bonchev–Trinajstić information content (AvgIpc) is 2.73. The van der Waals surface area contributed by atoms with Crippen LogP contribution in [0.2, 0.25) is 5.15 Å². The van der Waals surface area contributed by atoms with Crippen molar-refractivity contribution in [3.8, 4) is 5.75 Å². The maximum absolute atomic E-state index is 11.4. The van der Waals surface area contributed by atoms with Crippen molar-refractivity contribution in [2.75, 3.05) is 12.0 Å². The molecule has 0 N–H and O–H groups in total. The van der Waals surface area contributed by atoms with E-state index >= 15 is 0 Å². The number of ether oxygens (including phenoxy) is 1. The molecule has 28 heavy (non-hydrogen) atoms. The lowest BCUT2D eigenvalue weighted by molar-refractivity contribution is 0.406. The van der Waals surface area contributed by atoms with Gasteiger partial charge in [-0.2, -0.15) is 0 Å². The van der Waals surface area contributed by atoms with Crippen LogP contribution in [-0.2, 0) is 11.1 Å². The van der Waals surface area contributed by atoms with Gasteiger partial charge in [0.25, 0.3) is 0 Å². The number of hydrogen-bond donors (Lipinski definition) is 0. The lowest BCUT2D eigenvalue weighted by atomic mass is 9.91. The number of pyridine rings is 1. The van der Waals surface area contributed by atoms with Crippen molar-refractivity contribution in [2.24, 2.45) is 0 Å². The molecule has 9 heteroatoms. The van der Waals surface area contributed by atoms with E-state index in [1.54, 1.807) is 49.8 Å². The largest absolute Gasteiger partial charge is 0.768 e. The van der Waals surface area contributed by atoms with Gasteiger partial charge in [0.15, 0.2) is 0 Å². The summed E-state index contributed by atoms with van der Waals surface area (Å²) >= 11 is 3.73. The monoisotopic (exact) mass is 413 g/mol. The van der Waals surface area contributed by atoms with Crippen LogP contribution in [-0.4, -0.2) is 30.8 Å². The zero-order valence-corrected chi connectivity index (χ0v) is 16.2. The van der Waals surface area contributed by atoms with E-state index in [0.717, 1.165) is 16.7 Å². The summed E-state index contributed by atoms with van der Waals surface area (Å²) in [7, 11) is 1.56. The number of anilines is 1. The summed E-state index contributed by atoms with van der Waals surface area (Å²) in [6.45, 7) is 0. The second kappa shape index (κ2) is 7.67. The minimum atomic E-state index is -2.31. The molecule has 0 saturated heterocycles. The van der Waals surface area contributed by atoms with E-state index in [0.29, 0.717) is 16.7 Å². The number of rotatable bonds is 4. The van der Waals surface area contributed by atoms with E-state index in [1.165, 1.54) is 6.33 Å². The normalized spacial score (nSPS) is 16.5. The predicted molar refractivity (Wildman–Crippen MR) is 105 cm³/mol. The molecule has 0 aliphatic carbocycles. The van der Waals surface area contributed by atoms with Crippen molar-refractivity contribution < 1.29 is 13.5 Å². The van der Waals surface area contributed by atoms with Gasteiger partial charge in [-0.15, -0.1) is 0 Å². The summed E-state index contributed by atoms with van der Waals surface area (Å²) in [6.07, 6.45) is 8.48. The van der Waals surface area contributed by atoms with Crippen molar-refractivity contribution >= 4 is 34.6 Å². The molecule has 142 valence electrons. The van der Waals surface area contributed by atoms with E-state index in [-0.39, 0.29) is 10.9 Å². The molecule has 0 saturated carbocycles. The Morgan fingerprint density at radius 1 is 1.21 bits per heavy atom. The number of nitrogens with zero attached hydrogens (tertiary/aromatic N) is 4. The molecule has 0 fully saturated rings. The molecule has 3 aromatic rings. The summed E-state index contributed by atoms with van der Waals surface area (Å²) in [5, 5.41) is 0.317. The third kappa shape index (κ3) is 3.37. The van der Waals surface area contributed by atoms with Crippen molar-refractivity contribution in [3.05, 3.63) is 77.1 Å². The van der Waals surface area contributed by atoms with Gasteiger partial charge in [0, 0.05) is 35.1 Å². The average molecular weight is 414 g/mol. The molecule has 0 amide bonds. The third-order valence-corrected chi connectivity index (χ3v) is 5.29. The fourth-order valence-electron chi connectivity index (χ4n) is 3.21. The van der Waals surface area contributed by atoms with E-state index in [1.807, 2.05) is 17.2 Å². The maximum Gasteiger partial charge on any atom is 0.136 e. The Hall–Kier alpha value is -2.81. The van der Waals surface area contributed by atoms with Crippen LogP contribution in [0.25, 0.3) is 6.08 Å². The maximum atomic E-state index is 11.4. The first-order valence-corrected chi connectivity index (χ1v) is 9.69.